The van der Waals surface area contributed by atoms with E-state index in [1.165, 1.54) is 0 Å². The quantitative estimate of drug-likeness (QED) is 0.326. The molecule has 0 bridgehead atoms. The van der Waals surface area contributed by atoms with E-state index in [0.717, 1.165) is 39.3 Å². The van der Waals surface area contributed by atoms with E-state index in [-0.39, 0.29) is 0 Å². The van der Waals surface area contributed by atoms with Crippen LogP contribution in [0.15, 0.2) is 83.4 Å². The first-order valence-electron chi connectivity index (χ1n) is 9.89. The van der Waals surface area contributed by atoms with Gasteiger partial charge in [-0.15, -0.1) is 0 Å². The smallest absolute Gasteiger partial charge is 0.347 e. The maximum absolute atomic E-state index is 12.5. The van der Waals surface area contributed by atoms with E-state index in [2.05, 4.69) is 34.9 Å². The zero-order valence-electron chi connectivity index (χ0n) is 17.5. The number of cyclic esters (lactones) is 2. The van der Waals surface area contributed by atoms with Crippen molar-refractivity contribution in [1.82, 2.24) is 4.57 Å². The lowest BCUT2D eigenvalue weighted by molar-refractivity contribution is -0.149. The second kappa shape index (κ2) is 7.64. The summed E-state index contributed by atoms with van der Waals surface area (Å²) in [6.45, 7) is 7.55. The van der Waals surface area contributed by atoms with Gasteiger partial charge >= 0.3 is 11.9 Å². The van der Waals surface area contributed by atoms with Crippen molar-refractivity contribution < 1.29 is 14.3 Å². The van der Waals surface area contributed by atoms with E-state index >= 15 is 0 Å². The van der Waals surface area contributed by atoms with Crippen LogP contribution < -0.4 is 0 Å². The van der Waals surface area contributed by atoms with Crippen LogP contribution in [-0.2, 0) is 14.3 Å². The zero-order chi connectivity index (χ0) is 21.4. The SMILES string of the molecule is CC(C)=C1C(=O)OC(=O)C1=C(C)c1cc(-c2ccccc2)n(-c2ccccc2)c1C. The number of ether oxygens (including phenoxy) is 1. The van der Waals surface area contributed by atoms with E-state index in [1.54, 1.807) is 0 Å². The maximum atomic E-state index is 12.5. The molecule has 0 spiro atoms. The highest BCUT2D eigenvalue weighted by molar-refractivity contribution is 6.22. The van der Waals surface area contributed by atoms with Gasteiger partial charge in [0.1, 0.15) is 0 Å². The number of nitrogens with zero attached hydrogens (tertiary/aromatic N) is 1. The van der Waals surface area contributed by atoms with Crippen molar-refractivity contribution in [3.05, 3.63) is 94.7 Å². The summed E-state index contributed by atoms with van der Waals surface area (Å²) in [4.78, 5) is 24.7. The third kappa shape index (κ3) is 3.20. The summed E-state index contributed by atoms with van der Waals surface area (Å²) in [5, 5.41) is 0. The average Bonchev–Trinajstić information content (AvgIpc) is 3.24. The Labute approximate surface area is 176 Å². The van der Waals surface area contributed by atoms with Crippen LogP contribution in [0.1, 0.15) is 32.0 Å². The van der Waals surface area contributed by atoms with E-state index < -0.39 is 11.9 Å². The van der Waals surface area contributed by atoms with Crippen LogP contribution in [-0.4, -0.2) is 16.5 Å². The molecule has 0 N–H and O–H groups in total. The van der Waals surface area contributed by atoms with Crippen molar-refractivity contribution in [3.8, 4) is 16.9 Å². The van der Waals surface area contributed by atoms with Crippen LogP contribution in [0.4, 0.5) is 0 Å². The molecule has 1 saturated heterocycles. The van der Waals surface area contributed by atoms with Gasteiger partial charge in [0.2, 0.25) is 0 Å². The maximum Gasteiger partial charge on any atom is 0.347 e. The Bertz CT molecular complexity index is 1210. The first-order valence-corrected chi connectivity index (χ1v) is 9.89. The van der Waals surface area contributed by atoms with E-state index in [9.17, 15) is 9.59 Å². The number of para-hydroxylation sites is 1. The second-order valence-corrected chi connectivity index (χ2v) is 7.62. The normalized spacial score (nSPS) is 15.4. The summed E-state index contributed by atoms with van der Waals surface area (Å²) in [5.74, 6) is -1.15. The molecule has 2 aromatic carbocycles. The summed E-state index contributed by atoms with van der Waals surface area (Å²) < 4.78 is 7.12. The molecule has 0 radical (unpaired) electrons. The number of esters is 2. The number of carbonyl (C=O) groups excluding carboxylic acids is 2. The average molecular weight is 397 g/mol. The zero-order valence-corrected chi connectivity index (χ0v) is 17.5. The second-order valence-electron chi connectivity index (χ2n) is 7.62. The van der Waals surface area contributed by atoms with Gasteiger partial charge in [-0.1, -0.05) is 54.1 Å². The Hall–Kier alpha value is -3.66. The summed E-state index contributed by atoms with van der Waals surface area (Å²) in [6, 6.07) is 22.3. The molecule has 4 heteroatoms. The Kier molecular flexibility index (Phi) is 5.00. The van der Waals surface area contributed by atoms with Crippen LogP contribution in [0, 0.1) is 6.92 Å². The van der Waals surface area contributed by atoms with Gasteiger partial charge < -0.3 is 9.30 Å². The fraction of sp³-hybridized carbons (Fsp3) is 0.154. The van der Waals surface area contributed by atoms with Crippen molar-refractivity contribution in [3.63, 3.8) is 0 Å². The molecule has 3 aromatic rings. The Balaban J connectivity index is 2.01. The van der Waals surface area contributed by atoms with E-state index in [0.29, 0.717) is 11.1 Å². The monoisotopic (exact) mass is 397 g/mol. The number of hydrogen-bond donors (Lipinski definition) is 0. The molecule has 4 nitrogen and oxygen atoms in total. The summed E-state index contributed by atoms with van der Waals surface area (Å²) in [7, 11) is 0. The molecule has 0 amide bonds. The van der Waals surface area contributed by atoms with Gasteiger partial charge in [-0.2, -0.15) is 0 Å². The summed E-state index contributed by atoms with van der Waals surface area (Å²) in [5.41, 5.74) is 7.26. The number of allylic oxidation sites excluding steroid dienone is 2. The van der Waals surface area contributed by atoms with Crippen molar-refractivity contribution in [2.24, 2.45) is 0 Å². The number of hydrogen-bond acceptors (Lipinski definition) is 3. The lowest BCUT2D eigenvalue weighted by Gasteiger charge is -2.12. The Morgan fingerprint density at radius 1 is 0.800 bits per heavy atom. The topological polar surface area (TPSA) is 48.3 Å². The number of rotatable bonds is 3. The first kappa shape index (κ1) is 19.6. The third-order valence-electron chi connectivity index (χ3n) is 5.45. The van der Waals surface area contributed by atoms with Crippen LogP contribution in [0.5, 0.6) is 0 Å². The molecule has 150 valence electrons. The van der Waals surface area contributed by atoms with Crippen molar-refractivity contribution in [2.75, 3.05) is 0 Å². The molecule has 1 aromatic heterocycles. The Morgan fingerprint density at radius 2 is 1.37 bits per heavy atom. The lowest BCUT2D eigenvalue weighted by atomic mass is 9.94. The third-order valence-corrected chi connectivity index (χ3v) is 5.45. The molecule has 1 aliphatic heterocycles. The minimum atomic E-state index is -0.582. The molecule has 30 heavy (non-hydrogen) atoms. The van der Waals surface area contributed by atoms with E-state index in [1.807, 2.05) is 64.1 Å². The molecule has 0 saturated carbocycles. The van der Waals surface area contributed by atoms with Crippen molar-refractivity contribution in [2.45, 2.75) is 27.7 Å². The van der Waals surface area contributed by atoms with Crippen LogP contribution in [0.25, 0.3) is 22.5 Å². The molecule has 1 fully saturated rings. The number of benzene rings is 2. The number of carbonyl (C=O) groups is 2. The predicted molar refractivity (Wildman–Crippen MR) is 118 cm³/mol. The molecule has 2 heterocycles. The minimum Gasteiger partial charge on any atom is -0.386 e. The molecule has 1 aliphatic rings. The molecule has 0 unspecified atom stereocenters. The van der Waals surface area contributed by atoms with Crippen LogP contribution in [0.2, 0.25) is 0 Å². The van der Waals surface area contributed by atoms with Gasteiger partial charge in [0.05, 0.1) is 16.8 Å². The van der Waals surface area contributed by atoms with Crippen LogP contribution >= 0.6 is 0 Å². The van der Waals surface area contributed by atoms with Crippen molar-refractivity contribution in [1.29, 1.82) is 0 Å². The predicted octanol–water partition coefficient (Wildman–Crippen LogP) is 5.65. The lowest BCUT2D eigenvalue weighted by Crippen LogP contribution is -2.02. The number of aromatic nitrogens is 1. The van der Waals surface area contributed by atoms with Gasteiger partial charge in [-0.05, 0) is 62.6 Å². The molecule has 4 rings (SSSR count). The molecule has 0 atom stereocenters. The highest BCUT2D eigenvalue weighted by Crippen LogP contribution is 2.37. The Morgan fingerprint density at radius 3 is 1.97 bits per heavy atom. The molecular formula is C26H23NO3. The molecule has 0 aliphatic carbocycles. The minimum absolute atomic E-state index is 0.355. The van der Waals surface area contributed by atoms with Gasteiger partial charge in [-0.25, -0.2) is 9.59 Å². The molecular weight excluding hydrogens is 374 g/mol. The van der Waals surface area contributed by atoms with Gasteiger partial charge in [0.25, 0.3) is 0 Å². The summed E-state index contributed by atoms with van der Waals surface area (Å²) in [6.07, 6.45) is 0. The fourth-order valence-electron chi connectivity index (χ4n) is 4.04. The fourth-order valence-corrected chi connectivity index (χ4v) is 4.04. The largest absolute Gasteiger partial charge is 0.386 e. The first-order chi connectivity index (χ1) is 14.4. The van der Waals surface area contributed by atoms with Gasteiger partial charge in [0.15, 0.2) is 0 Å². The highest BCUT2D eigenvalue weighted by atomic mass is 16.6. The van der Waals surface area contributed by atoms with Crippen LogP contribution in [0.3, 0.4) is 0 Å². The van der Waals surface area contributed by atoms with Gasteiger partial charge in [0, 0.05) is 11.4 Å². The standard InChI is InChI=1S/C26H23NO3/c1-16(2)23-24(26(29)30-25(23)28)17(3)21-15-22(19-11-7-5-8-12-19)27(18(21)4)20-13-9-6-10-14-20/h5-15H,1-4H3. The highest BCUT2D eigenvalue weighted by Gasteiger charge is 2.36. The van der Waals surface area contributed by atoms with Gasteiger partial charge in [-0.3, -0.25) is 0 Å². The van der Waals surface area contributed by atoms with E-state index in [4.69, 9.17) is 4.74 Å². The van der Waals surface area contributed by atoms with Crippen molar-refractivity contribution >= 4 is 17.5 Å². The summed E-state index contributed by atoms with van der Waals surface area (Å²) >= 11 is 0.